The lowest BCUT2D eigenvalue weighted by Crippen LogP contribution is -2.39. The van der Waals surface area contributed by atoms with Crippen LogP contribution in [-0.2, 0) is 51.7 Å². The molecule has 0 atom stereocenters. The minimum Gasteiger partial charge on any atom is -0.462 e. The van der Waals surface area contributed by atoms with Gasteiger partial charge in [0.15, 0.2) is 0 Å². The monoisotopic (exact) mass is 602 g/mol. The van der Waals surface area contributed by atoms with Gasteiger partial charge in [0.2, 0.25) is 0 Å². The van der Waals surface area contributed by atoms with Gasteiger partial charge in [-0.05, 0) is 40.5 Å². The number of esters is 4. The van der Waals surface area contributed by atoms with Gasteiger partial charge in [-0.15, -0.1) is 0 Å². The van der Waals surface area contributed by atoms with E-state index in [2.05, 4.69) is 26.3 Å². The molecular formula is C28H43O12P. The Balaban J connectivity index is 5.82. The van der Waals surface area contributed by atoms with Crippen molar-refractivity contribution in [1.29, 1.82) is 0 Å². The van der Waals surface area contributed by atoms with Crippen molar-refractivity contribution in [2.45, 2.75) is 54.4 Å². The van der Waals surface area contributed by atoms with Crippen LogP contribution in [0.2, 0.25) is 0 Å². The van der Waals surface area contributed by atoms with E-state index in [-0.39, 0.29) is 61.6 Å². The van der Waals surface area contributed by atoms with E-state index >= 15 is 0 Å². The number of phosphoric ester groups is 1. The van der Waals surface area contributed by atoms with Gasteiger partial charge in [0.25, 0.3) is 0 Å². The molecule has 0 saturated carbocycles. The van der Waals surface area contributed by atoms with Gasteiger partial charge in [-0.25, -0.2) is 23.7 Å². The molecule has 0 spiro atoms. The van der Waals surface area contributed by atoms with E-state index in [0.717, 1.165) is 0 Å². The van der Waals surface area contributed by atoms with Gasteiger partial charge in [-0.2, -0.15) is 0 Å². The fraction of sp³-hybridized carbons (Fsp3) is 0.571. The number of hydrogen-bond donors (Lipinski definition) is 1. The fourth-order valence-electron chi connectivity index (χ4n) is 2.70. The fourth-order valence-corrected chi connectivity index (χ4v) is 3.65. The first-order chi connectivity index (χ1) is 18.8. The third-order valence-corrected chi connectivity index (χ3v) is 6.91. The van der Waals surface area contributed by atoms with Crippen LogP contribution in [0.3, 0.4) is 0 Å². The first-order valence-electron chi connectivity index (χ1n) is 12.8. The van der Waals surface area contributed by atoms with Gasteiger partial charge < -0.3 is 23.8 Å². The molecule has 0 aliphatic carbocycles. The lowest BCUT2D eigenvalue weighted by Gasteiger charge is -2.33. The van der Waals surface area contributed by atoms with Crippen LogP contribution < -0.4 is 0 Å². The van der Waals surface area contributed by atoms with E-state index in [1.54, 1.807) is 13.8 Å². The van der Waals surface area contributed by atoms with Gasteiger partial charge >= 0.3 is 31.7 Å². The molecule has 0 aromatic heterocycles. The number of carbonyl (C=O) groups excluding carboxylic acids is 4. The van der Waals surface area contributed by atoms with E-state index in [0.29, 0.717) is 0 Å². The Kier molecular flexibility index (Phi) is 15.8. The lowest BCUT2D eigenvalue weighted by molar-refractivity contribution is -0.152. The first kappa shape index (κ1) is 38.0. The molecule has 0 aromatic carbocycles. The molecule has 0 rings (SSSR count). The highest BCUT2D eigenvalue weighted by Gasteiger charge is 2.39. The zero-order valence-corrected chi connectivity index (χ0v) is 25.8. The van der Waals surface area contributed by atoms with Gasteiger partial charge in [-0.3, -0.25) is 9.05 Å². The van der Waals surface area contributed by atoms with Crippen LogP contribution in [0.25, 0.3) is 0 Å². The topological polar surface area (TPSA) is 161 Å². The Labute approximate surface area is 242 Å². The van der Waals surface area contributed by atoms with E-state index in [4.69, 9.17) is 28.0 Å². The normalized spacial score (nSPS) is 11.7. The lowest BCUT2D eigenvalue weighted by atomic mass is 9.88. The minimum atomic E-state index is -4.81. The van der Waals surface area contributed by atoms with Crippen molar-refractivity contribution >= 4 is 31.7 Å². The van der Waals surface area contributed by atoms with Crippen molar-refractivity contribution in [3.63, 3.8) is 0 Å². The van der Waals surface area contributed by atoms with Crippen LogP contribution in [0.4, 0.5) is 0 Å². The number of hydrogen-bond acceptors (Lipinski definition) is 11. The van der Waals surface area contributed by atoms with Crippen LogP contribution in [0.5, 0.6) is 0 Å². The number of rotatable bonds is 20. The Hall–Kier alpha value is -3.05. The van der Waals surface area contributed by atoms with E-state index in [1.165, 1.54) is 27.7 Å². The summed E-state index contributed by atoms with van der Waals surface area (Å²) in [4.78, 5) is 58.5. The molecule has 0 fully saturated rings. The van der Waals surface area contributed by atoms with Crippen molar-refractivity contribution in [1.82, 2.24) is 0 Å². The number of carbonyl (C=O) groups is 4. The molecule has 1 N–H and O–H groups in total. The summed E-state index contributed by atoms with van der Waals surface area (Å²) >= 11 is 0. The van der Waals surface area contributed by atoms with Crippen molar-refractivity contribution in [2.75, 3.05) is 39.6 Å². The second kappa shape index (κ2) is 17.0. The van der Waals surface area contributed by atoms with Gasteiger partial charge in [0.05, 0.1) is 24.0 Å². The molecular weight excluding hydrogens is 559 g/mol. The van der Waals surface area contributed by atoms with Crippen LogP contribution in [0.1, 0.15) is 54.4 Å². The van der Waals surface area contributed by atoms with Crippen LogP contribution in [0.15, 0.2) is 48.6 Å². The Morgan fingerprint density at radius 1 is 0.561 bits per heavy atom. The summed E-state index contributed by atoms with van der Waals surface area (Å²) in [5, 5.41) is 0. The van der Waals surface area contributed by atoms with Crippen LogP contribution in [-0.4, -0.2) is 68.4 Å². The van der Waals surface area contributed by atoms with E-state index in [1.807, 2.05) is 0 Å². The molecule has 0 bridgehead atoms. The summed E-state index contributed by atoms with van der Waals surface area (Å²) in [5.74, 6) is -2.84. The maximum atomic E-state index is 12.9. The van der Waals surface area contributed by atoms with Crippen molar-refractivity contribution in [3.8, 4) is 0 Å². The molecule has 232 valence electrons. The summed E-state index contributed by atoms with van der Waals surface area (Å²) in [6.45, 7) is 20.9. The van der Waals surface area contributed by atoms with Gasteiger partial charge in [0.1, 0.15) is 26.4 Å². The third kappa shape index (κ3) is 13.9. The largest absolute Gasteiger partial charge is 0.472 e. The Bertz CT molecular complexity index is 934. The zero-order chi connectivity index (χ0) is 32.0. The summed E-state index contributed by atoms with van der Waals surface area (Å²) < 4.78 is 44.4. The number of ether oxygens (including phenoxy) is 4. The molecule has 0 radical (unpaired) electrons. The molecule has 0 heterocycles. The first-order valence-corrected chi connectivity index (χ1v) is 14.3. The van der Waals surface area contributed by atoms with Crippen LogP contribution >= 0.6 is 7.82 Å². The van der Waals surface area contributed by atoms with Crippen molar-refractivity contribution < 1.29 is 56.6 Å². The molecule has 0 amide bonds. The second-order valence-corrected chi connectivity index (χ2v) is 11.6. The number of phosphoric acid groups is 1. The van der Waals surface area contributed by atoms with Gasteiger partial charge in [0, 0.05) is 22.3 Å². The highest BCUT2D eigenvalue weighted by Crippen LogP contribution is 2.47. The third-order valence-electron chi connectivity index (χ3n) is 6.00. The Morgan fingerprint density at radius 3 is 0.951 bits per heavy atom. The quantitative estimate of drug-likeness (QED) is 0.0907. The highest BCUT2D eigenvalue weighted by molar-refractivity contribution is 7.47. The molecule has 0 aliphatic heterocycles. The summed E-state index contributed by atoms with van der Waals surface area (Å²) in [7, 11) is -4.81. The summed E-state index contributed by atoms with van der Waals surface area (Å²) in [5.41, 5.74) is -1.95. The molecule has 0 saturated heterocycles. The van der Waals surface area contributed by atoms with Crippen molar-refractivity contribution in [3.05, 3.63) is 48.6 Å². The Morgan fingerprint density at radius 2 is 0.780 bits per heavy atom. The van der Waals surface area contributed by atoms with E-state index in [9.17, 15) is 28.6 Å². The van der Waals surface area contributed by atoms with Crippen LogP contribution in [0, 0.1) is 10.8 Å². The molecule has 41 heavy (non-hydrogen) atoms. The molecule has 13 heteroatoms. The smallest absolute Gasteiger partial charge is 0.462 e. The minimum absolute atomic E-state index is 0.126. The maximum Gasteiger partial charge on any atom is 0.472 e. The predicted molar refractivity (Wildman–Crippen MR) is 150 cm³/mol. The molecule has 0 aliphatic rings. The van der Waals surface area contributed by atoms with Gasteiger partial charge in [-0.1, -0.05) is 40.2 Å². The summed E-state index contributed by atoms with van der Waals surface area (Å²) in [6.07, 6.45) is 0.402. The van der Waals surface area contributed by atoms with E-state index < -0.39 is 55.7 Å². The second-order valence-electron chi connectivity index (χ2n) is 10.1. The molecule has 0 unspecified atom stereocenters. The molecule has 0 aromatic rings. The zero-order valence-electron chi connectivity index (χ0n) is 24.9. The summed E-state index contributed by atoms with van der Waals surface area (Å²) in [6, 6.07) is 0. The molecule has 12 nitrogen and oxygen atoms in total. The average Bonchev–Trinajstić information content (AvgIpc) is 2.91. The SMILES string of the molecule is C=C(C)C(=O)OCC(CC)(COC(=O)C(=C)C)COP(=O)(O)OCC(CC)(COC(=O)C(=C)C)COC(=O)C(=C)C. The average molecular weight is 603 g/mol. The predicted octanol–water partition coefficient (Wildman–Crippen LogP) is 4.39. The maximum absolute atomic E-state index is 12.9. The standard InChI is InChI=1S/C28H43O12P/c1-11-27(13-35-23(29)19(3)4,14-36-24(30)20(5)6)17-39-41(33,34)40-18-28(12-2,15-37-25(31)21(7)8)16-38-26(32)22(9)10/h3,5,7,9,11-18H2,1-2,4,6,8,10H3,(H,33,34). The highest BCUT2D eigenvalue weighted by atomic mass is 31.2. The van der Waals surface area contributed by atoms with Crippen molar-refractivity contribution in [2.24, 2.45) is 10.8 Å².